The van der Waals surface area contributed by atoms with Crippen LogP contribution in [0.1, 0.15) is 29.9 Å². The zero-order valence-corrected chi connectivity index (χ0v) is 10.9. The Labute approximate surface area is 108 Å². The Balaban J connectivity index is 2.05. The monoisotopic (exact) mass is 238 g/mol. The Morgan fingerprint density at radius 1 is 1.00 bits per heavy atom. The van der Waals surface area contributed by atoms with Gasteiger partial charge in [-0.3, -0.25) is 0 Å². The highest BCUT2D eigenvalue weighted by Gasteiger charge is 2.26. The first-order valence-electron chi connectivity index (χ1n) is 6.53. The van der Waals surface area contributed by atoms with Gasteiger partial charge >= 0.3 is 0 Å². The predicted molar refractivity (Wildman–Crippen MR) is 75.1 cm³/mol. The third-order valence-corrected chi connectivity index (χ3v) is 3.63. The lowest BCUT2D eigenvalue weighted by molar-refractivity contribution is 0.415. The van der Waals surface area contributed by atoms with Crippen molar-refractivity contribution < 1.29 is 4.74 Å². The summed E-state index contributed by atoms with van der Waals surface area (Å²) in [5, 5.41) is 0. The van der Waals surface area contributed by atoms with Gasteiger partial charge in [0.1, 0.15) is 5.75 Å². The first-order valence-corrected chi connectivity index (χ1v) is 6.53. The molecule has 0 saturated heterocycles. The van der Waals surface area contributed by atoms with E-state index in [0.29, 0.717) is 0 Å². The molecule has 1 aliphatic carbocycles. The van der Waals surface area contributed by atoms with Crippen LogP contribution in [0.3, 0.4) is 0 Å². The number of benzene rings is 2. The molecule has 3 rings (SSSR count). The minimum Gasteiger partial charge on any atom is -0.497 e. The summed E-state index contributed by atoms with van der Waals surface area (Å²) >= 11 is 0. The third-order valence-electron chi connectivity index (χ3n) is 3.63. The van der Waals surface area contributed by atoms with Crippen molar-refractivity contribution >= 4 is 0 Å². The molecule has 0 unspecified atom stereocenters. The van der Waals surface area contributed by atoms with Crippen molar-refractivity contribution in [3.05, 3.63) is 53.6 Å². The highest BCUT2D eigenvalue weighted by Crippen LogP contribution is 2.44. The van der Waals surface area contributed by atoms with Crippen LogP contribution >= 0.6 is 0 Å². The summed E-state index contributed by atoms with van der Waals surface area (Å²) in [4.78, 5) is 0. The normalized spacial score (nSPS) is 14.6. The van der Waals surface area contributed by atoms with Gasteiger partial charge in [-0.05, 0) is 54.5 Å². The molecular weight excluding hydrogens is 220 g/mol. The van der Waals surface area contributed by atoms with Crippen LogP contribution in [-0.2, 0) is 0 Å². The molecule has 2 aromatic rings. The van der Waals surface area contributed by atoms with Crippen LogP contribution in [0.5, 0.6) is 5.75 Å². The van der Waals surface area contributed by atoms with Crippen molar-refractivity contribution in [2.24, 2.45) is 0 Å². The maximum Gasteiger partial charge on any atom is 0.118 e. The largest absolute Gasteiger partial charge is 0.497 e. The van der Waals surface area contributed by atoms with Crippen molar-refractivity contribution in [1.29, 1.82) is 0 Å². The molecule has 1 aliphatic rings. The molecule has 2 aromatic carbocycles. The van der Waals surface area contributed by atoms with Crippen molar-refractivity contribution in [1.82, 2.24) is 0 Å². The summed E-state index contributed by atoms with van der Waals surface area (Å²) < 4.78 is 5.22. The van der Waals surface area contributed by atoms with E-state index in [1.165, 1.54) is 35.1 Å². The highest BCUT2D eigenvalue weighted by molar-refractivity contribution is 5.70. The Kier molecular flexibility index (Phi) is 2.83. The second-order valence-electron chi connectivity index (χ2n) is 5.09. The van der Waals surface area contributed by atoms with Crippen LogP contribution in [0.2, 0.25) is 0 Å². The quantitative estimate of drug-likeness (QED) is 0.762. The fraction of sp³-hybridized carbons (Fsp3) is 0.294. The van der Waals surface area contributed by atoms with Gasteiger partial charge < -0.3 is 4.74 Å². The van der Waals surface area contributed by atoms with E-state index in [-0.39, 0.29) is 0 Å². The highest BCUT2D eigenvalue weighted by atomic mass is 16.5. The van der Waals surface area contributed by atoms with Crippen LogP contribution in [-0.4, -0.2) is 7.11 Å². The minimum atomic E-state index is 0.780. The van der Waals surface area contributed by atoms with Crippen LogP contribution in [0.25, 0.3) is 11.1 Å². The van der Waals surface area contributed by atoms with Gasteiger partial charge in [0.2, 0.25) is 0 Å². The Hall–Kier alpha value is -1.76. The molecule has 0 radical (unpaired) electrons. The number of ether oxygens (including phenoxy) is 1. The summed E-state index contributed by atoms with van der Waals surface area (Å²) in [5.74, 6) is 1.70. The molecule has 1 heteroatoms. The van der Waals surface area contributed by atoms with Crippen LogP contribution in [0.15, 0.2) is 42.5 Å². The first-order chi connectivity index (χ1) is 8.78. The Morgan fingerprint density at radius 2 is 1.72 bits per heavy atom. The molecule has 0 heterocycles. The van der Waals surface area contributed by atoms with Crippen molar-refractivity contribution in [3.8, 4) is 16.9 Å². The molecule has 0 N–H and O–H groups in total. The minimum absolute atomic E-state index is 0.780. The van der Waals surface area contributed by atoms with Gasteiger partial charge in [0.25, 0.3) is 0 Å². The molecule has 0 spiro atoms. The molecular formula is C17H18O. The smallest absolute Gasteiger partial charge is 0.118 e. The molecule has 18 heavy (non-hydrogen) atoms. The summed E-state index contributed by atoms with van der Waals surface area (Å²) in [6.45, 7) is 2.16. The summed E-state index contributed by atoms with van der Waals surface area (Å²) in [6, 6.07) is 15.2. The molecule has 0 aliphatic heterocycles. The fourth-order valence-electron chi connectivity index (χ4n) is 2.44. The van der Waals surface area contributed by atoms with E-state index < -0.39 is 0 Å². The predicted octanol–water partition coefficient (Wildman–Crippen LogP) is 4.55. The maximum atomic E-state index is 5.22. The molecule has 0 atom stereocenters. The standard InChI is InChI=1S/C17H18O/c1-12-3-10-16(13-4-5-13)17(11-12)14-6-8-15(18-2)9-7-14/h3,6-11,13H,4-5H2,1-2H3. The van der Waals surface area contributed by atoms with Gasteiger partial charge in [-0.1, -0.05) is 35.9 Å². The topological polar surface area (TPSA) is 9.23 Å². The van der Waals surface area contributed by atoms with Crippen molar-refractivity contribution in [2.45, 2.75) is 25.7 Å². The average Bonchev–Trinajstić information content (AvgIpc) is 3.23. The molecule has 92 valence electrons. The maximum absolute atomic E-state index is 5.22. The van der Waals surface area contributed by atoms with E-state index in [2.05, 4.69) is 37.3 Å². The summed E-state index contributed by atoms with van der Waals surface area (Å²) in [6.07, 6.45) is 2.68. The number of methoxy groups -OCH3 is 1. The van der Waals surface area contributed by atoms with Crippen LogP contribution < -0.4 is 4.74 Å². The SMILES string of the molecule is COc1ccc(-c2cc(C)ccc2C2CC2)cc1. The lowest BCUT2D eigenvalue weighted by Gasteiger charge is -2.11. The van der Waals surface area contributed by atoms with E-state index in [9.17, 15) is 0 Å². The molecule has 1 nitrogen and oxygen atoms in total. The first kappa shape index (κ1) is 11.3. The molecule has 1 fully saturated rings. The van der Waals surface area contributed by atoms with Crippen LogP contribution in [0.4, 0.5) is 0 Å². The molecule has 0 aromatic heterocycles. The van der Waals surface area contributed by atoms with Gasteiger partial charge in [0.15, 0.2) is 0 Å². The van der Waals surface area contributed by atoms with E-state index in [0.717, 1.165) is 11.7 Å². The molecule has 1 saturated carbocycles. The lowest BCUT2D eigenvalue weighted by Crippen LogP contribution is -1.89. The van der Waals surface area contributed by atoms with Crippen LogP contribution in [0, 0.1) is 6.92 Å². The second-order valence-corrected chi connectivity index (χ2v) is 5.09. The number of hydrogen-bond acceptors (Lipinski definition) is 1. The number of hydrogen-bond donors (Lipinski definition) is 0. The number of rotatable bonds is 3. The van der Waals surface area contributed by atoms with E-state index in [1.54, 1.807) is 7.11 Å². The zero-order chi connectivity index (χ0) is 12.5. The van der Waals surface area contributed by atoms with Crippen molar-refractivity contribution in [2.75, 3.05) is 7.11 Å². The summed E-state index contributed by atoms with van der Waals surface area (Å²) in [5.41, 5.74) is 5.51. The molecule has 0 amide bonds. The van der Waals surface area contributed by atoms with E-state index in [4.69, 9.17) is 4.74 Å². The van der Waals surface area contributed by atoms with E-state index >= 15 is 0 Å². The van der Waals surface area contributed by atoms with Gasteiger partial charge in [-0.2, -0.15) is 0 Å². The van der Waals surface area contributed by atoms with Crippen molar-refractivity contribution in [3.63, 3.8) is 0 Å². The van der Waals surface area contributed by atoms with Gasteiger partial charge in [-0.25, -0.2) is 0 Å². The summed E-state index contributed by atoms with van der Waals surface area (Å²) in [7, 11) is 1.71. The zero-order valence-electron chi connectivity index (χ0n) is 10.9. The second kappa shape index (κ2) is 4.49. The lowest BCUT2D eigenvalue weighted by atomic mass is 9.95. The van der Waals surface area contributed by atoms with Gasteiger partial charge in [0, 0.05) is 0 Å². The molecule has 0 bridgehead atoms. The van der Waals surface area contributed by atoms with E-state index in [1.807, 2.05) is 12.1 Å². The third kappa shape index (κ3) is 2.13. The van der Waals surface area contributed by atoms with Gasteiger partial charge in [0.05, 0.1) is 7.11 Å². The Morgan fingerprint density at radius 3 is 2.33 bits per heavy atom. The Bertz CT molecular complexity index is 550. The average molecular weight is 238 g/mol. The number of aryl methyl sites for hydroxylation is 1. The fourth-order valence-corrected chi connectivity index (χ4v) is 2.44. The van der Waals surface area contributed by atoms with Gasteiger partial charge in [-0.15, -0.1) is 0 Å².